The van der Waals surface area contributed by atoms with Crippen molar-refractivity contribution in [3.8, 4) is 5.75 Å². The van der Waals surface area contributed by atoms with Crippen molar-refractivity contribution in [3.63, 3.8) is 0 Å². The molecule has 0 spiro atoms. The van der Waals surface area contributed by atoms with Crippen molar-refractivity contribution >= 4 is 22.4 Å². The van der Waals surface area contributed by atoms with Crippen LogP contribution < -0.4 is 10.1 Å². The number of halogens is 1. The van der Waals surface area contributed by atoms with Crippen LogP contribution in [0.2, 0.25) is 0 Å². The van der Waals surface area contributed by atoms with E-state index in [2.05, 4.69) is 19.2 Å². The van der Waals surface area contributed by atoms with Crippen LogP contribution in [-0.4, -0.2) is 45.5 Å². The first kappa shape index (κ1) is 21.2. The van der Waals surface area contributed by atoms with E-state index in [1.807, 2.05) is 7.05 Å². The summed E-state index contributed by atoms with van der Waals surface area (Å²) in [5.74, 6) is 1.31. The molecular weight excluding hydrogens is 348 g/mol. The molecule has 1 aliphatic heterocycles. The van der Waals surface area contributed by atoms with Crippen LogP contribution in [0.1, 0.15) is 33.1 Å². The molecule has 2 rings (SSSR count). The Hall–Kier alpha value is -0.820. The molecule has 0 saturated carbocycles. The number of nitrogens with zero attached hydrogens (tertiary/aromatic N) is 1. The summed E-state index contributed by atoms with van der Waals surface area (Å²) < 4.78 is 32.5. The summed E-state index contributed by atoms with van der Waals surface area (Å²) in [6.07, 6.45) is 2.69. The van der Waals surface area contributed by atoms with Crippen LogP contribution in [0.4, 0.5) is 0 Å². The fourth-order valence-electron chi connectivity index (χ4n) is 2.65. The van der Waals surface area contributed by atoms with E-state index in [1.54, 1.807) is 28.6 Å². The van der Waals surface area contributed by atoms with Gasteiger partial charge in [0, 0.05) is 19.1 Å². The minimum absolute atomic E-state index is 0. The van der Waals surface area contributed by atoms with Crippen molar-refractivity contribution in [2.24, 2.45) is 5.92 Å². The minimum Gasteiger partial charge on any atom is -0.494 e. The third-order valence-electron chi connectivity index (χ3n) is 4.29. The third kappa shape index (κ3) is 5.62. The quantitative estimate of drug-likeness (QED) is 0.794. The summed E-state index contributed by atoms with van der Waals surface area (Å²) in [7, 11) is -1.47. The number of rotatable bonds is 7. The van der Waals surface area contributed by atoms with E-state index in [1.165, 1.54) is 0 Å². The van der Waals surface area contributed by atoms with Gasteiger partial charge in [-0.25, -0.2) is 8.42 Å². The first-order chi connectivity index (χ1) is 10.9. The molecule has 1 N–H and O–H groups in total. The zero-order valence-electron chi connectivity index (χ0n) is 14.7. The SMILES string of the molecule is CNC1CCN(S(=O)(=O)c2ccc(OCCC(C)C)cc2)CC1.Cl. The van der Waals surface area contributed by atoms with Gasteiger partial charge in [-0.1, -0.05) is 13.8 Å². The van der Waals surface area contributed by atoms with Gasteiger partial charge in [0.05, 0.1) is 11.5 Å². The second kappa shape index (κ2) is 9.61. The number of ether oxygens (including phenoxy) is 1. The lowest BCUT2D eigenvalue weighted by molar-refractivity contribution is 0.289. The molecule has 24 heavy (non-hydrogen) atoms. The molecule has 138 valence electrons. The molecule has 5 nitrogen and oxygen atoms in total. The maximum atomic E-state index is 12.7. The highest BCUT2D eigenvalue weighted by molar-refractivity contribution is 7.89. The fraction of sp³-hybridized carbons (Fsp3) is 0.647. The van der Waals surface area contributed by atoms with Crippen LogP contribution in [0, 0.1) is 5.92 Å². The number of hydrogen-bond acceptors (Lipinski definition) is 4. The summed E-state index contributed by atoms with van der Waals surface area (Å²) in [4.78, 5) is 0.344. The fourth-order valence-corrected chi connectivity index (χ4v) is 4.12. The maximum absolute atomic E-state index is 12.7. The van der Waals surface area contributed by atoms with Gasteiger partial charge in [0.1, 0.15) is 5.75 Å². The Bertz CT molecular complexity index is 582. The number of benzene rings is 1. The Kier molecular flexibility index (Phi) is 8.50. The first-order valence-electron chi connectivity index (χ1n) is 8.33. The largest absolute Gasteiger partial charge is 0.494 e. The number of hydrogen-bond donors (Lipinski definition) is 1. The monoisotopic (exact) mass is 376 g/mol. The van der Waals surface area contributed by atoms with E-state index in [0.29, 0.717) is 36.6 Å². The molecule has 0 amide bonds. The van der Waals surface area contributed by atoms with Crippen LogP contribution in [0.25, 0.3) is 0 Å². The Morgan fingerprint density at radius 3 is 2.29 bits per heavy atom. The molecule has 1 saturated heterocycles. The van der Waals surface area contributed by atoms with Gasteiger partial charge in [0.25, 0.3) is 0 Å². The molecule has 1 aliphatic rings. The molecular formula is C17H29ClN2O3S. The van der Waals surface area contributed by atoms with Gasteiger partial charge in [-0.05, 0) is 56.5 Å². The highest BCUT2D eigenvalue weighted by atomic mass is 35.5. The van der Waals surface area contributed by atoms with Crippen molar-refractivity contribution in [1.82, 2.24) is 9.62 Å². The molecule has 1 aromatic rings. The molecule has 0 aliphatic carbocycles. The summed E-state index contributed by atoms with van der Waals surface area (Å²) >= 11 is 0. The molecule has 7 heteroatoms. The summed E-state index contributed by atoms with van der Waals surface area (Å²) in [6, 6.07) is 7.19. The average molecular weight is 377 g/mol. The highest BCUT2D eigenvalue weighted by Crippen LogP contribution is 2.23. The predicted molar refractivity (Wildman–Crippen MR) is 99.5 cm³/mol. The second-order valence-corrected chi connectivity index (χ2v) is 8.41. The topological polar surface area (TPSA) is 58.6 Å². The van der Waals surface area contributed by atoms with Crippen molar-refractivity contribution < 1.29 is 13.2 Å². The van der Waals surface area contributed by atoms with Gasteiger partial charge in [-0.3, -0.25) is 0 Å². The molecule has 0 atom stereocenters. The molecule has 1 aromatic carbocycles. The molecule has 0 aromatic heterocycles. The van der Waals surface area contributed by atoms with Crippen molar-refractivity contribution in [1.29, 1.82) is 0 Å². The van der Waals surface area contributed by atoms with E-state index in [0.717, 1.165) is 25.0 Å². The minimum atomic E-state index is -3.39. The highest BCUT2D eigenvalue weighted by Gasteiger charge is 2.28. The normalized spacial score (nSPS) is 16.8. The van der Waals surface area contributed by atoms with E-state index in [9.17, 15) is 8.42 Å². The zero-order valence-corrected chi connectivity index (χ0v) is 16.3. The lowest BCUT2D eigenvalue weighted by Gasteiger charge is -2.31. The van der Waals surface area contributed by atoms with Crippen LogP contribution in [0.5, 0.6) is 5.75 Å². The molecule has 0 bridgehead atoms. The Morgan fingerprint density at radius 2 is 1.79 bits per heavy atom. The van der Waals surface area contributed by atoms with Crippen molar-refractivity contribution in [2.45, 2.75) is 44.0 Å². The molecule has 0 radical (unpaired) electrons. The molecule has 1 fully saturated rings. The van der Waals surface area contributed by atoms with E-state index in [4.69, 9.17) is 4.74 Å². The molecule has 1 heterocycles. The number of sulfonamides is 1. The summed E-state index contributed by atoms with van der Waals surface area (Å²) in [5.41, 5.74) is 0. The van der Waals surface area contributed by atoms with Crippen molar-refractivity contribution in [3.05, 3.63) is 24.3 Å². The van der Waals surface area contributed by atoms with Crippen LogP contribution in [0.3, 0.4) is 0 Å². The van der Waals surface area contributed by atoms with Crippen LogP contribution >= 0.6 is 12.4 Å². The van der Waals surface area contributed by atoms with E-state index >= 15 is 0 Å². The van der Waals surface area contributed by atoms with Gasteiger partial charge in [-0.15, -0.1) is 12.4 Å². The van der Waals surface area contributed by atoms with E-state index in [-0.39, 0.29) is 12.4 Å². The Labute approximate surface area is 152 Å². The lowest BCUT2D eigenvalue weighted by Crippen LogP contribution is -2.43. The first-order valence-corrected chi connectivity index (χ1v) is 9.77. The van der Waals surface area contributed by atoms with Gasteiger partial charge < -0.3 is 10.1 Å². The van der Waals surface area contributed by atoms with Gasteiger partial charge in [0.15, 0.2) is 0 Å². The summed E-state index contributed by atoms with van der Waals surface area (Å²) in [5, 5.41) is 3.21. The van der Waals surface area contributed by atoms with Crippen molar-refractivity contribution in [2.75, 3.05) is 26.7 Å². The number of nitrogens with one attached hydrogen (secondary N) is 1. The Balaban J connectivity index is 0.00000288. The van der Waals surface area contributed by atoms with Crippen LogP contribution in [-0.2, 0) is 10.0 Å². The Morgan fingerprint density at radius 1 is 1.21 bits per heavy atom. The maximum Gasteiger partial charge on any atom is 0.243 e. The van der Waals surface area contributed by atoms with Gasteiger partial charge >= 0.3 is 0 Å². The van der Waals surface area contributed by atoms with Crippen LogP contribution in [0.15, 0.2) is 29.2 Å². The average Bonchev–Trinajstić information content (AvgIpc) is 2.55. The smallest absolute Gasteiger partial charge is 0.243 e. The number of piperidine rings is 1. The van der Waals surface area contributed by atoms with E-state index < -0.39 is 10.0 Å². The third-order valence-corrected chi connectivity index (χ3v) is 6.20. The molecule has 0 unspecified atom stereocenters. The second-order valence-electron chi connectivity index (χ2n) is 6.47. The van der Waals surface area contributed by atoms with Gasteiger partial charge in [-0.2, -0.15) is 4.31 Å². The zero-order chi connectivity index (χ0) is 16.9. The van der Waals surface area contributed by atoms with Gasteiger partial charge in [0.2, 0.25) is 10.0 Å². The lowest BCUT2D eigenvalue weighted by atomic mass is 10.1. The standard InChI is InChI=1S/C17H28N2O3S.ClH/c1-14(2)10-13-22-16-4-6-17(7-5-16)23(20,21)19-11-8-15(18-3)9-12-19;/h4-7,14-15,18H,8-13H2,1-3H3;1H. The summed E-state index contributed by atoms with van der Waals surface area (Å²) in [6.45, 7) is 6.09. The predicted octanol–water partition coefficient (Wildman–Crippen LogP) is 2.91.